The zero-order chi connectivity index (χ0) is 14.6. The lowest BCUT2D eigenvalue weighted by Crippen LogP contribution is -2.46. The van der Waals surface area contributed by atoms with Crippen molar-refractivity contribution in [3.05, 3.63) is 24.3 Å². The molecule has 2 rings (SSSR count). The smallest absolute Gasteiger partial charge is 0.288 e. The molecule has 6 heteroatoms. The zero-order valence-electron chi connectivity index (χ0n) is 11.3. The van der Waals surface area contributed by atoms with Gasteiger partial charge in [0.05, 0.1) is 11.1 Å². The molecule has 1 saturated heterocycles. The van der Waals surface area contributed by atoms with Crippen LogP contribution in [0.25, 0.3) is 0 Å². The number of thioether (sulfide) groups is 1. The molecule has 1 atom stereocenters. The second kappa shape index (κ2) is 6.54. The number of para-hydroxylation sites is 1. The SMILES string of the molecule is CC1(C(=O)Nc2ccccc2SC(F)F)CCCNC1. The zero-order valence-corrected chi connectivity index (χ0v) is 12.1. The van der Waals surface area contributed by atoms with Gasteiger partial charge in [0.2, 0.25) is 5.91 Å². The highest BCUT2D eigenvalue weighted by molar-refractivity contribution is 7.99. The summed E-state index contributed by atoms with van der Waals surface area (Å²) in [4.78, 5) is 12.8. The van der Waals surface area contributed by atoms with Gasteiger partial charge in [0, 0.05) is 11.4 Å². The number of amides is 1. The van der Waals surface area contributed by atoms with Crippen LogP contribution in [-0.2, 0) is 4.79 Å². The Hall–Kier alpha value is -1.14. The number of carbonyl (C=O) groups excluding carboxylic acids is 1. The molecular formula is C14H18F2N2OS. The highest BCUT2D eigenvalue weighted by Crippen LogP contribution is 2.33. The molecule has 0 radical (unpaired) electrons. The van der Waals surface area contributed by atoms with E-state index in [0.717, 1.165) is 19.4 Å². The first kappa shape index (κ1) is 15.3. The van der Waals surface area contributed by atoms with E-state index in [1.807, 2.05) is 6.92 Å². The second-order valence-corrected chi connectivity index (χ2v) is 6.20. The average Bonchev–Trinajstić information content (AvgIpc) is 2.41. The fraction of sp³-hybridized carbons (Fsp3) is 0.500. The minimum absolute atomic E-state index is 0.119. The predicted octanol–water partition coefficient (Wildman–Crippen LogP) is 3.33. The fourth-order valence-electron chi connectivity index (χ4n) is 2.29. The standard InChI is InChI=1S/C14H18F2N2OS/c1-14(7-4-8-17-9-14)12(19)18-10-5-2-3-6-11(10)20-13(15)16/h2-3,5-6,13,17H,4,7-9H2,1H3,(H,18,19). The first-order chi connectivity index (χ1) is 9.51. The summed E-state index contributed by atoms with van der Waals surface area (Å²) in [6, 6.07) is 6.66. The van der Waals surface area contributed by atoms with Crippen molar-refractivity contribution in [2.75, 3.05) is 18.4 Å². The van der Waals surface area contributed by atoms with Crippen molar-refractivity contribution < 1.29 is 13.6 Å². The van der Waals surface area contributed by atoms with Crippen molar-refractivity contribution in [2.24, 2.45) is 5.41 Å². The van der Waals surface area contributed by atoms with Gasteiger partial charge in [-0.25, -0.2) is 0 Å². The Labute approximate surface area is 121 Å². The van der Waals surface area contributed by atoms with Crippen LogP contribution in [0.5, 0.6) is 0 Å². The van der Waals surface area contributed by atoms with Crippen LogP contribution < -0.4 is 10.6 Å². The van der Waals surface area contributed by atoms with Crippen LogP contribution in [0.2, 0.25) is 0 Å². The molecule has 1 fully saturated rings. The molecule has 20 heavy (non-hydrogen) atoms. The Bertz CT molecular complexity index is 476. The van der Waals surface area contributed by atoms with E-state index in [0.29, 0.717) is 28.9 Å². The molecule has 1 aliphatic rings. The quantitative estimate of drug-likeness (QED) is 0.838. The monoisotopic (exact) mass is 300 g/mol. The summed E-state index contributed by atoms with van der Waals surface area (Å²) in [7, 11) is 0. The number of hydrogen-bond acceptors (Lipinski definition) is 3. The molecule has 1 aromatic carbocycles. The first-order valence-electron chi connectivity index (χ1n) is 6.57. The molecular weight excluding hydrogens is 282 g/mol. The molecule has 1 heterocycles. The number of carbonyl (C=O) groups is 1. The summed E-state index contributed by atoms with van der Waals surface area (Å²) in [6.45, 7) is 3.43. The lowest BCUT2D eigenvalue weighted by Gasteiger charge is -2.32. The maximum absolute atomic E-state index is 12.5. The maximum atomic E-state index is 12.5. The van der Waals surface area contributed by atoms with Crippen molar-refractivity contribution in [3.63, 3.8) is 0 Å². The summed E-state index contributed by atoms with van der Waals surface area (Å²) in [5.74, 6) is -2.62. The van der Waals surface area contributed by atoms with E-state index in [2.05, 4.69) is 10.6 Å². The Morgan fingerprint density at radius 3 is 2.85 bits per heavy atom. The third-order valence-electron chi connectivity index (χ3n) is 3.50. The van der Waals surface area contributed by atoms with Gasteiger partial charge in [-0.1, -0.05) is 23.9 Å². The van der Waals surface area contributed by atoms with E-state index in [9.17, 15) is 13.6 Å². The lowest BCUT2D eigenvalue weighted by molar-refractivity contribution is -0.125. The average molecular weight is 300 g/mol. The summed E-state index contributed by atoms with van der Waals surface area (Å²) < 4.78 is 25.0. The van der Waals surface area contributed by atoms with E-state index in [-0.39, 0.29) is 5.91 Å². The summed E-state index contributed by atoms with van der Waals surface area (Å²) in [5.41, 5.74) is -0.0319. The number of piperidine rings is 1. The van der Waals surface area contributed by atoms with Crippen LogP contribution in [0.3, 0.4) is 0 Å². The lowest BCUT2D eigenvalue weighted by atomic mass is 9.82. The van der Waals surface area contributed by atoms with E-state index in [1.54, 1.807) is 24.3 Å². The first-order valence-corrected chi connectivity index (χ1v) is 7.45. The van der Waals surface area contributed by atoms with Gasteiger partial charge in [-0.3, -0.25) is 4.79 Å². The van der Waals surface area contributed by atoms with Gasteiger partial charge in [0.15, 0.2) is 0 Å². The molecule has 1 amide bonds. The van der Waals surface area contributed by atoms with E-state index >= 15 is 0 Å². The number of benzene rings is 1. The summed E-state index contributed by atoms with van der Waals surface area (Å²) in [5, 5.41) is 6.00. The van der Waals surface area contributed by atoms with Gasteiger partial charge in [-0.05, 0) is 38.4 Å². The van der Waals surface area contributed by atoms with Crippen molar-refractivity contribution in [2.45, 2.75) is 30.4 Å². The number of anilines is 1. The van der Waals surface area contributed by atoms with E-state index in [4.69, 9.17) is 0 Å². The molecule has 0 aliphatic carbocycles. The van der Waals surface area contributed by atoms with Crippen LogP contribution in [0, 0.1) is 5.41 Å². The van der Waals surface area contributed by atoms with Gasteiger partial charge < -0.3 is 10.6 Å². The van der Waals surface area contributed by atoms with Crippen molar-refractivity contribution in [3.8, 4) is 0 Å². The number of nitrogens with one attached hydrogen (secondary N) is 2. The van der Waals surface area contributed by atoms with Crippen LogP contribution >= 0.6 is 11.8 Å². The number of halogens is 2. The molecule has 110 valence electrons. The van der Waals surface area contributed by atoms with Crippen molar-refractivity contribution in [1.82, 2.24) is 5.32 Å². The Kier molecular flexibility index (Phi) is 4.99. The van der Waals surface area contributed by atoms with Crippen LogP contribution in [-0.4, -0.2) is 24.8 Å². The summed E-state index contributed by atoms with van der Waals surface area (Å²) in [6.07, 6.45) is 1.74. The van der Waals surface area contributed by atoms with Gasteiger partial charge in [-0.15, -0.1) is 0 Å². The highest BCUT2D eigenvalue weighted by atomic mass is 32.2. The number of alkyl halides is 2. The molecule has 3 nitrogen and oxygen atoms in total. The van der Waals surface area contributed by atoms with Crippen LogP contribution in [0.15, 0.2) is 29.2 Å². The summed E-state index contributed by atoms with van der Waals surface area (Å²) >= 11 is 0.449. The molecule has 2 N–H and O–H groups in total. The van der Waals surface area contributed by atoms with E-state index in [1.165, 1.54) is 0 Å². The second-order valence-electron chi connectivity index (χ2n) is 5.17. The molecule has 1 aliphatic heterocycles. The third-order valence-corrected chi connectivity index (χ3v) is 4.28. The minimum atomic E-state index is -2.50. The number of rotatable bonds is 4. The van der Waals surface area contributed by atoms with Gasteiger partial charge in [0.1, 0.15) is 0 Å². The molecule has 0 spiro atoms. The van der Waals surface area contributed by atoms with Crippen LogP contribution in [0.1, 0.15) is 19.8 Å². The highest BCUT2D eigenvalue weighted by Gasteiger charge is 2.34. The minimum Gasteiger partial charge on any atom is -0.325 e. The molecule has 0 saturated carbocycles. The maximum Gasteiger partial charge on any atom is 0.288 e. The Balaban J connectivity index is 2.11. The topological polar surface area (TPSA) is 41.1 Å². The Morgan fingerprint density at radius 1 is 1.45 bits per heavy atom. The Morgan fingerprint density at radius 2 is 2.20 bits per heavy atom. The van der Waals surface area contributed by atoms with Gasteiger partial charge >= 0.3 is 0 Å². The van der Waals surface area contributed by atoms with Crippen LogP contribution in [0.4, 0.5) is 14.5 Å². The molecule has 0 aromatic heterocycles. The largest absolute Gasteiger partial charge is 0.325 e. The predicted molar refractivity (Wildman–Crippen MR) is 77.1 cm³/mol. The van der Waals surface area contributed by atoms with Gasteiger partial charge in [0.25, 0.3) is 5.76 Å². The fourth-order valence-corrected chi connectivity index (χ4v) is 2.89. The molecule has 1 aromatic rings. The molecule has 1 unspecified atom stereocenters. The number of hydrogen-bond donors (Lipinski definition) is 2. The molecule has 0 bridgehead atoms. The van der Waals surface area contributed by atoms with E-state index < -0.39 is 11.2 Å². The van der Waals surface area contributed by atoms with Gasteiger partial charge in [-0.2, -0.15) is 8.78 Å². The van der Waals surface area contributed by atoms with Crippen molar-refractivity contribution in [1.29, 1.82) is 0 Å². The normalized spacial score (nSPS) is 22.8. The third kappa shape index (κ3) is 3.70. The van der Waals surface area contributed by atoms with Crippen molar-refractivity contribution >= 4 is 23.4 Å².